The van der Waals surface area contributed by atoms with E-state index >= 15 is 0 Å². The molecule has 8 nitrogen and oxygen atoms in total. The lowest BCUT2D eigenvalue weighted by molar-refractivity contribution is -0.173. The molecule has 0 bridgehead atoms. The number of benzene rings is 2. The maximum absolute atomic E-state index is 12.7. The molecule has 34 heavy (non-hydrogen) atoms. The van der Waals surface area contributed by atoms with Crippen LogP contribution in [0.2, 0.25) is 20.1 Å². The molecule has 0 spiro atoms. The Kier molecular flexibility index (Phi) is 10.4. The number of ether oxygens (including phenoxy) is 4. The molecule has 0 aliphatic heterocycles. The van der Waals surface area contributed by atoms with Crippen LogP contribution in [0.25, 0.3) is 0 Å². The summed E-state index contributed by atoms with van der Waals surface area (Å²) in [7, 11) is 0. The minimum Gasteiger partial charge on any atom is -0.463 e. The molecule has 0 radical (unpaired) electrons. The molecule has 182 valence electrons. The van der Waals surface area contributed by atoms with Crippen molar-refractivity contribution in [2.24, 2.45) is 0 Å². The third kappa shape index (κ3) is 7.24. The van der Waals surface area contributed by atoms with Crippen molar-refractivity contribution in [3.63, 3.8) is 0 Å². The maximum atomic E-state index is 12.7. The van der Waals surface area contributed by atoms with E-state index in [-0.39, 0.29) is 44.4 Å². The highest BCUT2D eigenvalue weighted by Crippen LogP contribution is 2.25. The van der Waals surface area contributed by atoms with Crippen LogP contribution in [0.1, 0.15) is 34.6 Å². The van der Waals surface area contributed by atoms with E-state index in [1.165, 1.54) is 50.2 Å². The summed E-state index contributed by atoms with van der Waals surface area (Å²) in [6.07, 6.45) is -4.04. The SMILES string of the molecule is CCOC(=O)C(OC(=O)c1ccc(Cl)cc1Cl)C(OC(=O)c1ccc(Cl)cc1Cl)C(=O)OCC. The quantitative estimate of drug-likeness (QED) is 0.310. The number of esters is 4. The molecule has 0 aliphatic rings. The van der Waals surface area contributed by atoms with Gasteiger partial charge in [-0.3, -0.25) is 0 Å². The fourth-order valence-corrected chi connectivity index (χ4v) is 3.55. The Morgan fingerprint density at radius 3 is 1.32 bits per heavy atom. The van der Waals surface area contributed by atoms with E-state index < -0.39 is 36.1 Å². The highest BCUT2D eigenvalue weighted by Gasteiger charge is 2.43. The second-order valence-corrected chi connectivity index (χ2v) is 8.09. The topological polar surface area (TPSA) is 105 Å². The zero-order valence-corrected chi connectivity index (χ0v) is 20.8. The number of rotatable bonds is 9. The minimum atomic E-state index is -2.02. The van der Waals surface area contributed by atoms with Gasteiger partial charge < -0.3 is 18.9 Å². The molecule has 0 amide bonds. The molecule has 12 heteroatoms. The molecular formula is C22H18Cl4O8. The maximum Gasteiger partial charge on any atom is 0.352 e. The summed E-state index contributed by atoms with van der Waals surface area (Å²) in [5, 5.41) is 0.360. The van der Waals surface area contributed by atoms with Gasteiger partial charge in [0.1, 0.15) is 0 Å². The summed E-state index contributed by atoms with van der Waals surface area (Å²) in [6, 6.07) is 7.82. The second-order valence-electron chi connectivity index (χ2n) is 6.40. The number of carbonyl (C=O) groups is 4. The predicted octanol–water partition coefficient (Wildman–Crippen LogP) is 5.18. The highest BCUT2D eigenvalue weighted by atomic mass is 35.5. The minimum absolute atomic E-state index is 0.0715. The number of halogens is 4. The standard InChI is InChI=1S/C22H18Cl4O8/c1-3-31-21(29)17(33-19(27)13-7-5-11(23)9-15(13)25)18(22(30)32-4-2)34-20(28)14-8-6-12(24)10-16(14)26/h5-10,17-18H,3-4H2,1-2H3. The van der Waals surface area contributed by atoms with Crippen molar-refractivity contribution in [3.8, 4) is 0 Å². The van der Waals surface area contributed by atoms with Crippen molar-refractivity contribution < 1.29 is 38.1 Å². The van der Waals surface area contributed by atoms with Crippen LogP contribution in [0.15, 0.2) is 36.4 Å². The first-order valence-corrected chi connectivity index (χ1v) is 11.3. The van der Waals surface area contributed by atoms with Gasteiger partial charge in [0.05, 0.1) is 34.4 Å². The number of hydrogen-bond donors (Lipinski definition) is 0. The van der Waals surface area contributed by atoms with E-state index in [2.05, 4.69) is 0 Å². The zero-order valence-electron chi connectivity index (χ0n) is 17.8. The first-order chi connectivity index (χ1) is 16.1. The van der Waals surface area contributed by atoms with Gasteiger partial charge >= 0.3 is 23.9 Å². The molecule has 2 atom stereocenters. The van der Waals surface area contributed by atoms with Gasteiger partial charge in [0.25, 0.3) is 0 Å². The third-order valence-electron chi connectivity index (χ3n) is 4.08. The monoisotopic (exact) mass is 550 g/mol. The molecule has 0 aliphatic carbocycles. The van der Waals surface area contributed by atoms with E-state index in [4.69, 9.17) is 65.4 Å². The van der Waals surface area contributed by atoms with Crippen LogP contribution >= 0.6 is 46.4 Å². The first-order valence-electron chi connectivity index (χ1n) is 9.74. The Hall–Kier alpha value is -2.52. The number of carbonyl (C=O) groups excluding carboxylic acids is 4. The molecule has 2 aromatic rings. The van der Waals surface area contributed by atoms with Crippen LogP contribution in [-0.2, 0) is 28.5 Å². The summed E-state index contributed by atoms with van der Waals surface area (Å²) in [5.74, 6) is -4.52. The van der Waals surface area contributed by atoms with Crippen LogP contribution in [0.5, 0.6) is 0 Å². The smallest absolute Gasteiger partial charge is 0.352 e. The lowest BCUT2D eigenvalue weighted by atomic mass is 10.1. The van der Waals surface area contributed by atoms with Gasteiger partial charge in [-0.15, -0.1) is 0 Å². The van der Waals surface area contributed by atoms with Gasteiger partial charge in [-0.1, -0.05) is 46.4 Å². The first kappa shape index (κ1) is 27.7. The molecule has 0 fully saturated rings. The van der Waals surface area contributed by atoms with Crippen molar-refractivity contribution in [2.75, 3.05) is 13.2 Å². The fourth-order valence-electron chi connectivity index (χ4n) is 2.58. The Bertz CT molecular complexity index is 1000. The van der Waals surface area contributed by atoms with Crippen LogP contribution in [0, 0.1) is 0 Å². The second kappa shape index (κ2) is 12.8. The van der Waals surface area contributed by atoms with Gasteiger partial charge in [-0.05, 0) is 50.2 Å². The Labute approximate surface area is 214 Å². The normalized spacial score (nSPS) is 12.3. The van der Waals surface area contributed by atoms with Gasteiger partial charge in [0.2, 0.25) is 12.2 Å². The van der Waals surface area contributed by atoms with Gasteiger partial charge in [-0.2, -0.15) is 0 Å². The van der Waals surface area contributed by atoms with Crippen LogP contribution in [0.4, 0.5) is 0 Å². The number of hydrogen-bond acceptors (Lipinski definition) is 8. The Morgan fingerprint density at radius 1 is 0.676 bits per heavy atom. The van der Waals surface area contributed by atoms with Crippen LogP contribution in [0.3, 0.4) is 0 Å². The summed E-state index contributed by atoms with van der Waals surface area (Å²) in [4.78, 5) is 50.8. The summed E-state index contributed by atoms with van der Waals surface area (Å²) >= 11 is 23.7. The van der Waals surface area contributed by atoms with E-state index in [0.717, 1.165) is 0 Å². The average Bonchev–Trinajstić information content (AvgIpc) is 2.76. The molecule has 2 aromatic carbocycles. The van der Waals surface area contributed by atoms with E-state index in [9.17, 15) is 19.2 Å². The van der Waals surface area contributed by atoms with Gasteiger partial charge in [0.15, 0.2) is 0 Å². The lowest BCUT2D eigenvalue weighted by Gasteiger charge is -2.24. The van der Waals surface area contributed by atoms with Crippen LogP contribution < -0.4 is 0 Å². The van der Waals surface area contributed by atoms with E-state index in [0.29, 0.717) is 0 Å². The van der Waals surface area contributed by atoms with Crippen molar-refractivity contribution in [3.05, 3.63) is 67.6 Å². The predicted molar refractivity (Wildman–Crippen MR) is 125 cm³/mol. The molecule has 2 unspecified atom stereocenters. The zero-order chi connectivity index (χ0) is 25.4. The molecule has 0 aromatic heterocycles. The largest absolute Gasteiger partial charge is 0.463 e. The summed E-state index contributed by atoms with van der Waals surface area (Å²) in [5.41, 5.74) is -0.315. The molecular weight excluding hydrogens is 534 g/mol. The van der Waals surface area contributed by atoms with E-state index in [1.807, 2.05) is 0 Å². The summed E-state index contributed by atoms with van der Waals surface area (Å²) in [6.45, 7) is 2.74. The third-order valence-corrected chi connectivity index (χ3v) is 5.18. The molecule has 0 N–H and O–H groups in total. The van der Waals surface area contributed by atoms with Crippen molar-refractivity contribution in [2.45, 2.75) is 26.1 Å². The Morgan fingerprint density at radius 2 is 1.03 bits per heavy atom. The van der Waals surface area contributed by atoms with Gasteiger partial charge in [-0.25, -0.2) is 19.2 Å². The molecule has 0 saturated heterocycles. The van der Waals surface area contributed by atoms with E-state index in [1.54, 1.807) is 0 Å². The Balaban J connectivity index is 2.43. The summed E-state index contributed by atoms with van der Waals surface area (Å²) < 4.78 is 20.3. The van der Waals surface area contributed by atoms with Crippen LogP contribution in [-0.4, -0.2) is 49.3 Å². The average molecular weight is 552 g/mol. The van der Waals surface area contributed by atoms with Gasteiger partial charge in [0, 0.05) is 10.0 Å². The van der Waals surface area contributed by atoms with Crippen molar-refractivity contribution in [1.29, 1.82) is 0 Å². The fraction of sp³-hybridized carbons (Fsp3) is 0.273. The van der Waals surface area contributed by atoms with Crippen molar-refractivity contribution in [1.82, 2.24) is 0 Å². The molecule has 0 saturated carbocycles. The lowest BCUT2D eigenvalue weighted by Crippen LogP contribution is -2.47. The highest BCUT2D eigenvalue weighted by molar-refractivity contribution is 6.37. The molecule has 2 rings (SSSR count). The molecule has 0 heterocycles. The van der Waals surface area contributed by atoms with Crippen molar-refractivity contribution >= 4 is 70.3 Å².